The minimum Gasteiger partial charge on any atom is -0.496 e. The number of ketones is 1. The molecule has 1 aromatic carbocycles. The molecule has 0 unspecified atom stereocenters. The van der Waals surface area contributed by atoms with E-state index in [1.54, 1.807) is 13.0 Å². The number of carbonyl (C=O) groups excluding carboxylic acids is 2. The molecule has 15 heavy (non-hydrogen) atoms. The lowest BCUT2D eigenvalue weighted by atomic mass is 10.0. The van der Waals surface area contributed by atoms with Crippen molar-refractivity contribution in [2.24, 2.45) is 0 Å². The average molecular weight is 227 g/mol. The van der Waals surface area contributed by atoms with Crippen LogP contribution < -0.4 is 4.74 Å². The molecule has 0 heterocycles. The summed E-state index contributed by atoms with van der Waals surface area (Å²) in [5.74, 6) is 0.205. The highest BCUT2D eigenvalue weighted by atomic mass is 35.5. The fraction of sp³-hybridized carbons (Fsp3) is 0.273. The second kappa shape index (κ2) is 4.94. The summed E-state index contributed by atoms with van der Waals surface area (Å²) >= 11 is 5.47. The van der Waals surface area contributed by atoms with Crippen LogP contribution in [0, 0.1) is 6.92 Å². The summed E-state index contributed by atoms with van der Waals surface area (Å²) in [6, 6.07) is 3.11. The van der Waals surface area contributed by atoms with Gasteiger partial charge in [-0.15, -0.1) is 11.6 Å². The molecule has 0 fully saturated rings. The molecule has 0 aliphatic heterocycles. The molecule has 0 aliphatic rings. The molecule has 1 rings (SSSR count). The third-order valence-electron chi connectivity index (χ3n) is 2.16. The maximum absolute atomic E-state index is 11.5. The van der Waals surface area contributed by atoms with Crippen LogP contribution in [0.2, 0.25) is 0 Å². The van der Waals surface area contributed by atoms with Gasteiger partial charge in [0, 0.05) is 16.7 Å². The van der Waals surface area contributed by atoms with Gasteiger partial charge in [0.05, 0.1) is 13.0 Å². The quantitative estimate of drug-likeness (QED) is 0.449. The zero-order chi connectivity index (χ0) is 11.4. The van der Waals surface area contributed by atoms with Crippen molar-refractivity contribution in [2.75, 3.05) is 13.0 Å². The molecule has 0 spiro atoms. The van der Waals surface area contributed by atoms with Crippen molar-refractivity contribution in [3.05, 3.63) is 28.8 Å². The van der Waals surface area contributed by atoms with E-state index in [-0.39, 0.29) is 11.7 Å². The van der Waals surface area contributed by atoms with Gasteiger partial charge < -0.3 is 4.74 Å². The zero-order valence-electron chi connectivity index (χ0n) is 8.54. The summed E-state index contributed by atoms with van der Waals surface area (Å²) in [4.78, 5) is 22.1. The minimum atomic E-state index is -0.212. The number of hydrogen-bond acceptors (Lipinski definition) is 3. The Morgan fingerprint density at radius 3 is 2.67 bits per heavy atom. The normalized spacial score (nSPS) is 9.80. The molecule has 0 amide bonds. The average Bonchev–Trinajstić information content (AvgIpc) is 2.28. The van der Waals surface area contributed by atoms with Gasteiger partial charge in [0.1, 0.15) is 12.0 Å². The summed E-state index contributed by atoms with van der Waals surface area (Å²) in [5, 5.41) is 0. The first kappa shape index (κ1) is 11.7. The fourth-order valence-electron chi connectivity index (χ4n) is 1.35. The Hall–Kier alpha value is -1.35. The number of halogens is 1. The second-order valence-corrected chi connectivity index (χ2v) is 3.34. The van der Waals surface area contributed by atoms with Crippen LogP contribution in [0.15, 0.2) is 12.1 Å². The maximum Gasteiger partial charge on any atom is 0.178 e. The van der Waals surface area contributed by atoms with Crippen LogP contribution in [0.1, 0.15) is 26.3 Å². The highest BCUT2D eigenvalue weighted by molar-refractivity contribution is 6.30. The van der Waals surface area contributed by atoms with E-state index in [2.05, 4.69) is 0 Å². The van der Waals surface area contributed by atoms with Gasteiger partial charge in [0.2, 0.25) is 0 Å². The predicted molar refractivity (Wildman–Crippen MR) is 58.2 cm³/mol. The van der Waals surface area contributed by atoms with E-state index in [0.717, 1.165) is 0 Å². The van der Waals surface area contributed by atoms with E-state index in [9.17, 15) is 9.59 Å². The number of hydrogen-bond donors (Lipinski definition) is 0. The molecule has 0 N–H and O–H groups in total. The summed E-state index contributed by atoms with van der Waals surface area (Å²) < 4.78 is 5.07. The van der Waals surface area contributed by atoms with Crippen molar-refractivity contribution < 1.29 is 14.3 Å². The number of aldehydes is 1. The maximum atomic E-state index is 11.5. The summed E-state index contributed by atoms with van der Waals surface area (Å²) in [5.41, 5.74) is 1.55. The van der Waals surface area contributed by atoms with Crippen LogP contribution in [0.25, 0.3) is 0 Å². The molecule has 0 radical (unpaired) electrons. The van der Waals surface area contributed by atoms with E-state index < -0.39 is 0 Å². The molecule has 1 aromatic rings. The number of benzene rings is 1. The Morgan fingerprint density at radius 2 is 2.20 bits per heavy atom. The number of alkyl halides is 1. The monoisotopic (exact) mass is 226 g/mol. The number of ether oxygens (including phenoxy) is 1. The standard InChI is InChI=1S/C11H11ClO3/c1-7-9(10(14)5-12)3-8(6-13)4-11(7)15-2/h3-4,6H,5H2,1-2H3. The molecule has 0 aliphatic carbocycles. The molecular formula is C11H11ClO3. The van der Waals surface area contributed by atoms with E-state index >= 15 is 0 Å². The van der Waals surface area contributed by atoms with Crippen LogP contribution in [-0.4, -0.2) is 25.1 Å². The van der Waals surface area contributed by atoms with Crippen molar-refractivity contribution in [3.63, 3.8) is 0 Å². The van der Waals surface area contributed by atoms with E-state index in [4.69, 9.17) is 16.3 Å². The zero-order valence-corrected chi connectivity index (χ0v) is 9.30. The Balaban J connectivity index is 3.36. The molecule has 3 nitrogen and oxygen atoms in total. The van der Waals surface area contributed by atoms with Crippen LogP contribution in [0.4, 0.5) is 0 Å². The summed E-state index contributed by atoms with van der Waals surface area (Å²) in [6.07, 6.45) is 0.674. The van der Waals surface area contributed by atoms with Gasteiger partial charge in [0.15, 0.2) is 5.78 Å². The SMILES string of the molecule is COc1cc(C=O)cc(C(=O)CCl)c1C. The Labute approximate surface area is 93.0 Å². The van der Waals surface area contributed by atoms with Crippen molar-refractivity contribution in [1.29, 1.82) is 0 Å². The molecular weight excluding hydrogens is 216 g/mol. The smallest absolute Gasteiger partial charge is 0.178 e. The third-order valence-corrected chi connectivity index (χ3v) is 2.40. The van der Waals surface area contributed by atoms with Gasteiger partial charge in [-0.25, -0.2) is 0 Å². The number of methoxy groups -OCH3 is 1. The van der Waals surface area contributed by atoms with Gasteiger partial charge in [0.25, 0.3) is 0 Å². The molecule has 4 heteroatoms. The minimum absolute atomic E-state index is 0.105. The highest BCUT2D eigenvalue weighted by Gasteiger charge is 2.13. The van der Waals surface area contributed by atoms with Gasteiger partial charge in [-0.1, -0.05) is 0 Å². The summed E-state index contributed by atoms with van der Waals surface area (Å²) in [6.45, 7) is 1.76. The molecule has 0 bridgehead atoms. The second-order valence-electron chi connectivity index (χ2n) is 3.07. The molecule has 0 atom stereocenters. The Bertz CT molecular complexity index is 399. The number of Topliss-reactive ketones (excluding diaryl/α,β-unsaturated/α-hetero) is 1. The predicted octanol–water partition coefficient (Wildman–Crippen LogP) is 2.24. The largest absolute Gasteiger partial charge is 0.496 e. The third kappa shape index (κ3) is 2.36. The van der Waals surface area contributed by atoms with Gasteiger partial charge in [-0.3, -0.25) is 9.59 Å². The van der Waals surface area contributed by atoms with Crippen molar-refractivity contribution in [1.82, 2.24) is 0 Å². The van der Waals surface area contributed by atoms with E-state index in [1.807, 2.05) is 0 Å². The van der Waals surface area contributed by atoms with E-state index in [0.29, 0.717) is 28.7 Å². The van der Waals surface area contributed by atoms with Crippen LogP contribution >= 0.6 is 11.6 Å². The van der Waals surface area contributed by atoms with Gasteiger partial charge >= 0.3 is 0 Å². The summed E-state index contributed by atoms with van der Waals surface area (Å²) in [7, 11) is 1.49. The highest BCUT2D eigenvalue weighted by Crippen LogP contribution is 2.23. The molecule has 0 aromatic heterocycles. The Morgan fingerprint density at radius 1 is 1.53 bits per heavy atom. The van der Waals surface area contributed by atoms with Crippen LogP contribution in [0.3, 0.4) is 0 Å². The molecule has 0 saturated carbocycles. The van der Waals surface area contributed by atoms with Gasteiger partial charge in [-0.05, 0) is 19.1 Å². The first-order valence-corrected chi connectivity index (χ1v) is 4.90. The number of rotatable bonds is 4. The fourth-order valence-corrected chi connectivity index (χ4v) is 1.49. The molecule has 80 valence electrons. The lowest BCUT2D eigenvalue weighted by Crippen LogP contribution is -2.05. The van der Waals surface area contributed by atoms with Crippen molar-refractivity contribution in [3.8, 4) is 5.75 Å². The Kier molecular flexibility index (Phi) is 3.86. The first-order chi connectivity index (χ1) is 7.13. The van der Waals surface area contributed by atoms with Crippen LogP contribution in [-0.2, 0) is 0 Å². The van der Waals surface area contributed by atoms with Crippen molar-refractivity contribution in [2.45, 2.75) is 6.92 Å². The molecule has 0 saturated heterocycles. The number of carbonyl (C=O) groups is 2. The van der Waals surface area contributed by atoms with Gasteiger partial charge in [-0.2, -0.15) is 0 Å². The van der Waals surface area contributed by atoms with Crippen LogP contribution in [0.5, 0.6) is 5.75 Å². The van der Waals surface area contributed by atoms with Crippen molar-refractivity contribution >= 4 is 23.7 Å². The lowest BCUT2D eigenvalue weighted by Gasteiger charge is -2.09. The van der Waals surface area contributed by atoms with E-state index in [1.165, 1.54) is 13.2 Å². The first-order valence-electron chi connectivity index (χ1n) is 4.37. The topological polar surface area (TPSA) is 43.4 Å². The lowest BCUT2D eigenvalue weighted by molar-refractivity contribution is 0.102.